The van der Waals surface area contributed by atoms with Crippen molar-refractivity contribution in [1.29, 1.82) is 0 Å². The van der Waals surface area contributed by atoms with Crippen molar-refractivity contribution in [2.24, 2.45) is 5.92 Å². The molecular formula is C22H24N6O2. The van der Waals surface area contributed by atoms with E-state index in [1.807, 2.05) is 48.5 Å². The molecule has 0 unspecified atom stereocenters. The molecule has 0 aliphatic carbocycles. The van der Waals surface area contributed by atoms with Crippen LogP contribution in [0.5, 0.6) is 5.75 Å². The van der Waals surface area contributed by atoms with E-state index in [-0.39, 0.29) is 24.5 Å². The largest absolute Gasteiger partial charge is 0.484 e. The van der Waals surface area contributed by atoms with E-state index in [9.17, 15) is 4.79 Å². The summed E-state index contributed by atoms with van der Waals surface area (Å²) in [6.07, 6.45) is 4.12. The molecule has 154 valence electrons. The van der Waals surface area contributed by atoms with E-state index in [1.165, 1.54) is 0 Å². The molecule has 8 nitrogen and oxygen atoms in total. The SMILES string of the molecule is CC[C@@H](C)[C@@H](NC(=O)COc1cccc(-n2cnnc2)c1)c1nc2ccccc2[nH]1. The average Bonchev–Trinajstić information content (AvgIpc) is 3.45. The average molecular weight is 404 g/mol. The van der Waals surface area contributed by atoms with Gasteiger partial charge in [-0.05, 0) is 30.2 Å². The Morgan fingerprint density at radius 1 is 1.17 bits per heavy atom. The second-order valence-electron chi connectivity index (χ2n) is 7.23. The van der Waals surface area contributed by atoms with Crippen molar-refractivity contribution < 1.29 is 9.53 Å². The van der Waals surface area contributed by atoms with Crippen molar-refractivity contribution in [2.75, 3.05) is 6.61 Å². The number of ether oxygens (including phenoxy) is 1. The van der Waals surface area contributed by atoms with Crippen LogP contribution in [0, 0.1) is 5.92 Å². The minimum atomic E-state index is -0.221. The Labute approximate surface area is 174 Å². The molecular weight excluding hydrogens is 380 g/mol. The van der Waals surface area contributed by atoms with Gasteiger partial charge in [0.2, 0.25) is 0 Å². The molecule has 4 rings (SSSR count). The van der Waals surface area contributed by atoms with E-state index in [2.05, 4.69) is 39.3 Å². The van der Waals surface area contributed by atoms with Gasteiger partial charge < -0.3 is 15.0 Å². The second kappa shape index (κ2) is 8.77. The maximum atomic E-state index is 12.6. The Morgan fingerprint density at radius 3 is 2.73 bits per heavy atom. The molecule has 0 aliphatic rings. The van der Waals surface area contributed by atoms with E-state index < -0.39 is 0 Å². The Bertz CT molecular complexity index is 1090. The first-order valence-corrected chi connectivity index (χ1v) is 9.96. The van der Waals surface area contributed by atoms with Crippen LogP contribution >= 0.6 is 0 Å². The predicted octanol–water partition coefficient (Wildman–Crippen LogP) is 3.43. The number of nitrogens with zero attached hydrogens (tertiary/aromatic N) is 4. The summed E-state index contributed by atoms with van der Waals surface area (Å²) in [6.45, 7) is 4.11. The molecule has 0 aliphatic heterocycles. The number of fused-ring (bicyclic) bond motifs is 1. The number of aromatic amines is 1. The Morgan fingerprint density at radius 2 is 1.97 bits per heavy atom. The van der Waals surface area contributed by atoms with Gasteiger partial charge in [-0.15, -0.1) is 10.2 Å². The van der Waals surface area contributed by atoms with Crippen LogP contribution in [0.1, 0.15) is 32.1 Å². The van der Waals surface area contributed by atoms with Gasteiger partial charge in [-0.25, -0.2) is 4.98 Å². The summed E-state index contributed by atoms with van der Waals surface area (Å²) in [7, 11) is 0. The van der Waals surface area contributed by atoms with E-state index in [0.717, 1.165) is 29.0 Å². The molecule has 0 fully saturated rings. The highest BCUT2D eigenvalue weighted by molar-refractivity contribution is 5.78. The first-order chi connectivity index (χ1) is 14.6. The molecule has 8 heteroatoms. The molecule has 0 spiro atoms. The maximum absolute atomic E-state index is 12.6. The predicted molar refractivity (Wildman–Crippen MR) is 113 cm³/mol. The van der Waals surface area contributed by atoms with Crippen molar-refractivity contribution >= 4 is 16.9 Å². The van der Waals surface area contributed by atoms with Crippen LogP contribution in [-0.2, 0) is 4.79 Å². The molecule has 0 saturated carbocycles. The molecule has 1 amide bonds. The molecule has 4 aromatic rings. The molecule has 2 aromatic heterocycles. The standard InChI is InChI=1S/C22H24N6O2/c1-3-15(2)21(22-25-18-9-4-5-10-19(18)26-22)27-20(29)12-30-17-8-6-7-16(11-17)28-13-23-24-14-28/h4-11,13-15,21H,3,12H2,1-2H3,(H,25,26)(H,27,29)/t15-,21-/m1/s1. The van der Waals surface area contributed by atoms with Gasteiger partial charge >= 0.3 is 0 Å². The van der Waals surface area contributed by atoms with E-state index in [0.29, 0.717) is 5.75 Å². The zero-order chi connectivity index (χ0) is 20.9. The monoisotopic (exact) mass is 404 g/mol. The number of hydrogen-bond donors (Lipinski definition) is 2. The van der Waals surface area contributed by atoms with Crippen LogP contribution in [0.2, 0.25) is 0 Å². The zero-order valence-electron chi connectivity index (χ0n) is 16.9. The number of H-pyrrole nitrogens is 1. The third-order valence-electron chi connectivity index (χ3n) is 5.14. The highest BCUT2D eigenvalue weighted by Gasteiger charge is 2.23. The highest BCUT2D eigenvalue weighted by atomic mass is 16.5. The van der Waals surface area contributed by atoms with Gasteiger partial charge in [-0.1, -0.05) is 38.5 Å². The van der Waals surface area contributed by atoms with Gasteiger partial charge in [0.15, 0.2) is 6.61 Å². The van der Waals surface area contributed by atoms with Gasteiger partial charge in [-0.3, -0.25) is 9.36 Å². The summed E-state index contributed by atoms with van der Waals surface area (Å²) in [4.78, 5) is 20.6. The first kappa shape index (κ1) is 19.6. The maximum Gasteiger partial charge on any atom is 0.258 e. The number of imidazole rings is 1. The van der Waals surface area contributed by atoms with E-state index in [1.54, 1.807) is 17.2 Å². The third kappa shape index (κ3) is 4.32. The number of rotatable bonds is 8. The summed E-state index contributed by atoms with van der Waals surface area (Å²) in [5, 5.41) is 10.7. The van der Waals surface area contributed by atoms with Gasteiger partial charge in [0.25, 0.3) is 5.91 Å². The summed E-state index contributed by atoms with van der Waals surface area (Å²) < 4.78 is 7.49. The fourth-order valence-corrected chi connectivity index (χ4v) is 3.27. The molecule has 0 saturated heterocycles. The fraction of sp³-hybridized carbons (Fsp3) is 0.273. The van der Waals surface area contributed by atoms with Crippen LogP contribution in [0.3, 0.4) is 0 Å². The van der Waals surface area contributed by atoms with Crippen LogP contribution in [0.25, 0.3) is 16.7 Å². The second-order valence-corrected chi connectivity index (χ2v) is 7.23. The fourth-order valence-electron chi connectivity index (χ4n) is 3.27. The van der Waals surface area contributed by atoms with Crippen LogP contribution in [0.4, 0.5) is 0 Å². The summed E-state index contributed by atoms with van der Waals surface area (Å²) in [6, 6.07) is 15.0. The van der Waals surface area contributed by atoms with Crippen LogP contribution < -0.4 is 10.1 Å². The highest BCUT2D eigenvalue weighted by Crippen LogP contribution is 2.24. The minimum absolute atomic E-state index is 0.0845. The van der Waals surface area contributed by atoms with E-state index in [4.69, 9.17) is 4.74 Å². The summed E-state index contributed by atoms with van der Waals surface area (Å²) >= 11 is 0. The Kier molecular flexibility index (Phi) is 5.74. The molecule has 2 atom stereocenters. The number of nitrogens with one attached hydrogen (secondary N) is 2. The Hall–Kier alpha value is -3.68. The van der Waals surface area contributed by atoms with Gasteiger partial charge in [0.05, 0.1) is 22.8 Å². The number of carbonyl (C=O) groups excluding carboxylic acids is 1. The van der Waals surface area contributed by atoms with E-state index >= 15 is 0 Å². The molecule has 0 radical (unpaired) electrons. The van der Waals surface area contributed by atoms with Crippen LogP contribution in [0.15, 0.2) is 61.2 Å². The van der Waals surface area contributed by atoms with Crippen molar-refractivity contribution in [1.82, 2.24) is 30.0 Å². The van der Waals surface area contributed by atoms with Gasteiger partial charge in [0, 0.05) is 6.07 Å². The quantitative estimate of drug-likeness (QED) is 0.469. The van der Waals surface area contributed by atoms with Crippen molar-refractivity contribution in [3.63, 3.8) is 0 Å². The number of para-hydroxylation sites is 2. The summed E-state index contributed by atoms with van der Waals surface area (Å²) in [5.74, 6) is 1.37. The molecule has 2 N–H and O–H groups in total. The van der Waals surface area contributed by atoms with Crippen molar-refractivity contribution in [3.8, 4) is 11.4 Å². The lowest BCUT2D eigenvalue weighted by Gasteiger charge is -2.22. The number of amides is 1. The number of hydrogen-bond acceptors (Lipinski definition) is 5. The first-order valence-electron chi connectivity index (χ1n) is 9.96. The smallest absolute Gasteiger partial charge is 0.258 e. The van der Waals surface area contributed by atoms with Crippen molar-refractivity contribution in [3.05, 3.63) is 67.0 Å². The number of aromatic nitrogens is 5. The van der Waals surface area contributed by atoms with Gasteiger partial charge in [0.1, 0.15) is 24.2 Å². The molecule has 0 bridgehead atoms. The van der Waals surface area contributed by atoms with Gasteiger partial charge in [-0.2, -0.15) is 0 Å². The molecule has 2 aromatic carbocycles. The third-order valence-corrected chi connectivity index (χ3v) is 5.14. The summed E-state index contributed by atoms with van der Waals surface area (Å²) in [5.41, 5.74) is 2.70. The number of carbonyl (C=O) groups is 1. The lowest BCUT2D eigenvalue weighted by Crippen LogP contribution is -2.36. The Balaban J connectivity index is 1.44. The number of benzene rings is 2. The van der Waals surface area contributed by atoms with Crippen LogP contribution in [-0.4, -0.2) is 37.2 Å². The zero-order valence-corrected chi connectivity index (χ0v) is 16.9. The minimum Gasteiger partial charge on any atom is -0.484 e. The normalized spacial score (nSPS) is 13.1. The lowest BCUT2D eigenvalue weighted by molar-refractivity contribution is -0.124. The molecule has 30 heavy (non-hydrogen) atoms. The molecule has 2 heterocycles. The topological polar surface area (TPSA) is 97.7 Å². The lowest BCUT2D eigenvalue weighted by atomic mass is 9.98. The van der Waals surface area contributed by atoms with Crippen molar-refractivity contribution in [2.45, 2.75) is 26.3 Å².